The molecule has 2 nitrogen and oxygen atoms in total. The average molecular weight is 703 g/mol. The van der Waals surface area contributed by atoms with E-state index in [1.54, 1.807) is 0 Å². The molecule has 0 atom stereocenters. The van der Waals surface area contributed by atoms with Crippen LogP contribution in [0.2, 0.25) is 0 Å². The second kappa shape index (κ2) is 12.1. The van der Waals surface area contributed by atoms with Gasteiger partial charge in [-0.15, -0.1) is 0 Å². The van der Waals surface area contributed by atoms with Crippen molar-refractivity contribution < 1.29 is 0 Å². The third kappa shape index (κ3) is 4.88. The van der Waals surface area contributed by atoms with E-state index in [0.717, 1.165) is 22.7 Å². The molecule has 11 rings (SSSR count). The molecule has 0 unspecified atom stereocenters. The molecule has 0 aliphatic heterocycles. The van der Waals surface area contributed by atoms with Gasteiger partial charge in [0, 0.05) is 38.9 Å². The number of benzene rings is 9. The summed E-state index contributed by atoms with van der Waals surface area (Å²) in [6, 6.07) is 71.4. The number of hydrogen-bond donors (Lipinski definition) is 0. The van der Waals surface area contributed by atoms with E-state index in [9.17, 15) is 0 Å². The second-order valence-electron chi connectivity index (χ2n) is 15.4. The fourth-order valence-corrected chi connectivity index (χ4v) is 9.26. The quantitative estimate of drug-likeness (QED) is 0.157. The summed E-state index contributed by atoms with van der Waals surface area (Å²) in [5.74, 6) is 0. The molecular weight excluding hydrogens is 665 g/mol. The normalized spacial score (nSPS) is 13.1. The lowest BCUT2D eigenvalue weighted by molar-refractivity contribution is 0.660. The Labute approximate surface area is 321 Å². The van der Waals surface area contributed by atoms with Gasteiger partial charge in [0.2, 0.25) is 0 Å². The van der Waals surface area contributed by atoms with Crippen LogP contribution in [0.5, 0.6) is 0 Å². The Balaban J connectivity index is 1.05. The van der Waals surface area contributed by atoms with Gasteiger partial charge in [-0.3, -0.25) is 0 Å². The predicted octanol–water partition coefficient (Wildman–Crippen LogP) is 14.5. The Kier molecular flexibility index (Phi) is 6.93. The zero-order valence-electron chi connectivity index (χ0n) is 30.9. The highest BCUT2D eigenvalue weighted by molar-refractivity contribution is 6.24. The van der Waals surface area contributed by atoms with Crippen molar-refractivity contribution in [3.8, 4) is 39.1 Å². The van der Waals surface area contributed by atoms with Crippen LogP contribution in [0, 0.1) is 0 Å². The van der Waals surface area contributed by atoms with Gasteiger partial charge in [-0.2, -0.15) is 0 Å². The van der Waals surface area contributed by atoms with Crippen molar-refractivity contribution in [2.75, 3.05) is 4.90 Å². The minimum Gasteiger partial charge on any atom is -0.310 e. The molecule has 260 valence electrons. The van der Waals surface area contributed by atoms with Crippen molar-refractivity contribution >= 4 is 49.6 Å². The summed E-state index contributed by atoms with van der Waals surface area (Å²) in [6.45, 7) is 4.71. The van der Waals surface area contributed by atoms with Crippen LogP contribution in [0.4, 0.5) is 17.1 Å². The molecule has 1 heterocycles. The van der Waals surface area contributed by atoms with E-state index in [-0.39, 0.29) is 5.41 Å². The van der Waals surface area contributed by atoms with Gasteiger partial charge in [0.05, 0.1) is 11.0 Å². The predicted molar refractivity (Wildman–Crippen MR) is 233 cm³/mol. The summed E-state index contributed by atoms with van der Waals surface area (Å²) in [5, 5.41) is 5.22. The van der Waals surface area contributed by atoms with Crippen LogP contribution in [0.15, 0.2) is 194 Å². The van der Waals surface area contributed by atoms with E-state index in [1.807, 2.05) is 0 Å². The van der Waals surface area contributed by atoms with E-state index in [0.29, 0.717) is 0 Å². The Morgan fingerprint density at radius 3 is 1.69 bits per heavy atom. The molecule has 0 amide bonds. The topological polar surface area (TPSA) is 8.17 Å². The van der Waals surface area contributed by atoms with Crippen LogP contribution in [0.25, 0.3) is 71.6 Å². The molecule has 55 heavy (non-hydrogen) atoms. The van der Waals surface area contributed by atoms with Gasteiger partial charge >= 0.3 is 0 Å². The highest BCUT2D eigenvalue weighted by Gasteiger charge is 2.35. The monoisotopic (exact) mass is 702 g/mol. The maximum Gasteiger partial charge on any atom is 0.0547 e. The first-order chi connectivity index (χ1) is 27.0. The highest BCUT2D eigenvalue weighted by Crippen LogP contribution is 2.51. The van der Waals surface area contributed by atoms with Gasteiger partial charge in [0.25, 0.3) is 0 Å². The maximum absolute atomic E-state index is 2.43. The average Bonchev–Trinajstić information content (AvgIpc) is 3.70. The number of rotatable bonds is 6. The van der Waals surface area contributed by atoms with Gasteiger partial charge in [-0.1, -0.05) is 147 Å². The van der Waals surface area contributed by atoms with E-state index in [4.69, 9.17) is 0 Å². The molecule has 0 radical (unpaired) electrons. The Morgan fingerprint density at radius 2 is 0.945 bits per heavy atom. The van der Waals surface area contributed by atoms with Crippen LogP contribution in [-0.4, -0.2) is 4.57 Å². The molecule has 10 aromatic rings. The zero-order chi connectivity index (χ0) is 36.7. The Bertz CT molecular complexity index is 2990. The zero-order valence-corrected chi connectivity index (χ0v) is 30.9. The van der Waals surface area contributed by atoms with E-state index in [2.05, 4.69) is 217 Å². The van der Waals surface area contributed by atoms with Crippen LogP contribution in [-0.2, 0) is 5.41 Å². The van der Waals surface area contributed by atoms with Crippen LogP contribution in [0.1, 0.15) is 25.0 Å². The first-order valence-electron chi connectivity index (χ1n) is 19.2. The van der Waals surface area contributed by atoms with Crippen LogP contribution in [0.3, 0.4) is 0 Å². The third-order valence-corrected chi connectivity index (χ3v) is 11.9. The van der Waals surface area contributed by atoms with E-state index >= 15 is 0 Å². The standard InChI is InChI=1S/C53H38N2/c1-53(2)47-21-7-6-20-45(47)46-31-30-44(34-48(46)53)54(41-28-26-36(27-29-41)35-12-4-3-5-13-35)42-18-8-16-39(32-42)40-17-9-19-43(33-40)55-49-22-10-14-37-24-25-38-15-11-23-50(55)52(38)51(37)49/h3-34H,1-2H3. The lowest BCUT2D eigenvalue weighted by Crippen LogP contribution is -2.16. The summed E-state index contributed by atoms with van der Waals surface area (Å²) < 4.78 is 2.43. The van der Waals surface area contributed by atoms with Crippen LogP contribution < -0.4 is 4.90 Å². The lowest BCUT2D eigenvalue weighted by Gasteiger charge is -2.28. The number of anilines is 3. The summed E-state index contributed by atoms with van der Waals surface area (Å²) in [7, 11) is 0. The van der Waals surface area contributed by atoms with E-state index < -0.39 is 0 Å². The maximum atomic E-state index is 2.43. The highest BCUT2D eigenvalue weighted by atomic mass is 15.1. The Morgan fingerprint density at radius 1 is 0.382 bits per heavy atom. The summed E-state index contributed by atoms with van der Waals surface area (Å²) in [5.41, 5.74) is 17.1. The first kappa shape index (κ1) is 31.6. The van der Waals surface area contributed by atoms with Crippen molar-refractivity contribution in [1.82, 2.24) is 4.57 Å². The number of hydrogen-bond acceptors (Lipinski definition) is 1. The molecular formula is C53H38N2. The third-order valence-electron chi connectivity index (χ3n) is 11.9. The summed E-state index contributed by atoms with van der Waals surface area (Å²) >= 11 is 0. The Hall–Kier alpha value is -6.90. The van der Waals surface area contributed by atoms with E-state index in [1.165, 1.54) is 77.1 Å². The van der Waals surface area contributed by atoms with Crippen molar-refractivity contribution in [3.63, 3.8) is 0 Å². The molecule has 0 N–H and O–H groups in total. The first-order valence-corrected chi connectivity index (χ1v) is 19.2. The summed E-state index contributed by atoms with van der Waals surface area (Å²) in [6.07, 6.45) is 0. The van der Waals surface area contributed by atoms with Crippen molar-refractivity contribution in [2.45, 2.75) is 19.3 Å². The molecule has 9 aromatic carbocycles. The molecule has 0 spiro atoms. The van der Waals surface area contributed by atoms with Crippen molar-refractivity contribution in [3.05, 3.63) is 205 Å². The SMILES string of the molecule is CC1(C)c2ccccc2-c2ccc(N(c3ccc(-c4ccccc4)cc3)c3cccc(-c4cccc(-n5c6cccc7ccc8cccc5c8c76)c4)c3)cc21. The van der Waals surface area contributed by atoms with Gasteiger partial charge in [-0.05, 0) is 116 Å². The fraction of sp³-hybridized carbons (Fsp3) is 0.0566. The minimum absolute atomic E-state index is 0.100. The number of fused-ring (bicyclic) bond motifs is 3. The number of aromatic nitrogens is 1. The van der Waals surface area contributed by atoms with Gasteiger partial charge < -0.3 is 9.47 Å². The largest absolute Gasteiger partial charge is 0.310 e. The minimum atomic E-state index is -0.100. The molecule has 0 fully saturated rings. The molecule has 2 heteroatoms. The second-order valence-corrected chi connectivity index (χ2v) is 15.4. The van der Waals surface area contributed by atoms with Crippen LogP contribution >= 0.6 is 0 Å². The van der Waals surface area contributed by atoms with Gasteiger partial charge in [0.15, 0.2) is 0 Å². The van der Waals surface area contributed by atoms with Crippen molar-refractivity contribution in [2.24, 2.45) is 0 Å². The fourth-order valence-electron chi connectivity index (χ4n) is 9.26. The number of nitrogens with zero attached hydrogens (tertiary/aromatic N) is 2. The smallest absolute Gasteiger partial charge is 0.0547 e. The van der Waals surface area contributed by atoms with Gasteiger partial charge in [0.1, 0.15) is 0 Å². The van der Waals surface area contributed by atoms with Gasteiger partial charge in [-0.25, -0.2) is 0 Å². The van der Waals surface area contributed by atoms with Crippen molar-refractivity contribution in [1.29, 1.82) is 0 Å². The molecule has 1 aliphatic carbocycles. The molecule has 0 saturated heterocycles. The molecule has 0 bridgehead atoms. The summed E-state index contributed by atoms with van der Waals surface area (Å²) in [4.78, 5) is 2.42. The molecule has 0 saturated carbocycles. The molecule has 1 aromatic heterocycles. The molecule has 1 aliphatic rings. The lowest BCUT2D eigenvalue weighted by atomic mass is 9.82.